The fourth-order valence-corrected chi connectivity index (χ4v) is 2.39. The standard InChI is InChI=1S/C15H13F2NO3/c1-2-21-15(20)10-7-18(13-6-11(13)17)12-5-8(16)3-4-9(12)14(10)19/h3-5,7,11,13H,2,6H2,1H3/t11-,13-/m1/s1. The third kappa shape index (κ3) is 2.30. The van der Waals surface area contributed by atoms with E-state index in [-0.39, 0.29) is 29.5 Å². The number of rotatable bonds is 3. The molecule has 1 aromatic carbocycles. The van der Waals surface area contributed by atoms with Crippen LogP contribution < -0.4 is 5.43 Å². The van der Waals surface area contributed by atoms with E-state index in [4.69, 9.17) is 4.74 Å². The molecule has 0 spiro atoms. The molecule has 3 rings (SSSR count). The fourth-order valence-electron chi connectivity index (χ4n) is 2.39. The average Bonchev–Trinajstić information content (AvgIpc) is 3.16. The molecule has 1 saturated carbocycles. The van der Waals surface area contributed by atoms with Crippen molar-refractivity contribution in [1.82, 2.24) is 4.57 Å². The molecular formula is C15H13F2NO3. The van der Waals surface area contributed by atoms with Crippen molar-refractivity contribution in [3.8, 4) is 0 Å². The van der Waals surface area contributed by atoms with Crippen molar-refractivity contribution in [3.05, 3.63) is 46.0 Å². The second-order valence-electron chi connectivity index (χ2n) is 4.98. The van der Waals surface area contributed by atoms with E-state index in [1.807, 2.05) is 0 Å². The monoisotopic (exact) mass is 293 g/mol. The Kier molecular flexibility index (Phi) is 3.23. The van der Waals surface area contributed by atoms with Crippen LogP contribution in [-0.4, -0.2) is 23.3 Å². The van der Waals surface area contributed by atoms with E-state index in [0.29, 0.717) is 0 Å². The van der Waals surface area contributed by atoms with Gasteiger partial charge in [0, 0.05) is 18.0 Å². The van der Waals surface area contributed by atoms with Gasteiger partial charge in [0.2, 0.25) is 5.43 Å². The number of pyridine rings is 1. The number of benzene rings is 1. The van der Waals surface area contributed by atoms with Gasteiger partial charge >= 0.3 is 5.97 Å². The number of carbonyl (C=O) groups excluding carboxylic acids is 1. The maximum atomic E-state index is 13.4. The van der Waals surface area contributed by atoms with E-state index in [1.165, 1.54) is 22.9 Å². The van der Waals surface area contributed by atoms with Crippen molar-refractivity contribution in [3.63, 3.8) is 0 Å². The number of ether oxygens (including phenoxy) is 1. The summed E-state index contributed by atoms with van der Waals surface area (Å²) in [5, 5.41) is 0.182. The maximum Gasteiger partial charge on any atom is 0.343 e. The zero-order valence-electron chi connectivity index (χ0n) is 11.3. The highest BCUT2D eigenvalue weighted by molar-refractivity contribution is 5.93. The number of aromatic nitrogens is 1. The van der Waals surface area contributed by atoms with Crippen LogP contribution in [0.2, 0.25) is 0 Å². The normalized spacial score (nSPS) is 20.5. The number of nitrogens with zero attached hydrogens (tertiary/aromatic N) is 1. The molecule has 0 unspecified atom stereocenters. The Labute approximate surface area is 118 Å². The molecule has 1 fully saturated rings. The molecule has 21 heavy (non-hydrogen) atoms. The Balaban J connectivity index is 2.27. The minimum Gasteiger partial charge on any atom is -0.462 e. The molecule has 1 heterocycles. The summed E-state index contributed by atoms with van der Waals surface area (Å²) < 4.78 is 33.1. The summed E-state index contributed by atoms with van der Waals surface area (Å²) in [6.07, 6.45) is 0.511. The number of carbonyl (C=O) groups is 1. The van der Waals surface area contributed by atoms with Crippen LogP contribution in [0.1, 0.15) is 29.7 Å². The molecule has 4 nitrogen and oxygen atoms in total. The second-order valence-corrected chi connectivity index (χ2v) is 4.98. The van der Waals surface area contributed by atoms with Gasteiger partial charge in [0.1, 0.15) is 17.6 Å². The number of alkyl halides is 1. The molecule has 1 aromatic heterocycles. The molecule has 0 amide bonds. The Hall–Kier alpha value is -2.24. The molecule has 6 heteroatoms. The van der Waals surface area contributed by atoms with Gasteiger partial charge in [-0.25, -0.2) is 13.6 Å². The van der Waals surface area contributed by atoms with Crippen LogP contribution in [0.5, 0.6) is 0 Å². The highest BCUT2D eigenvalue weighted by atomic mass is 19.1. The second kappa shape index (κ2) is 4.95. The van der Waals surface area contributed by atoms with Gasteiger partial charge in [-0.2, -0.15) is 0 Å². The third-order valence-corrected chi connectivity index (χ3v) is 3.53. The van der Waals surface area contributed by atoms with Crippen molar-refractivity contribution >= 4 is 16.9 Å². The van der Waals surface area contributed by atoms with E-state index in [9.17, 15) is 18.4 Å². The van der Waals surface area contributed by atoms with Crippen molar-refractivity contribution in [2.75, 3.05) is 6.61 Å². The first kappa shape index (κ1) is 13.7. The lowest BCUT2D eigenvalue weighted by molar-refractivity contribution is 0.0524. The highest BCUT2D eigenvalue weighted by Gasteiger charge is 2.40. The van der Waals surface area contributed by atoms with Crippen molar-refractivity contribution in [2.24, 2.45) is 0 Å². The number of hydrogen-bond donors (Lipinski definition) is 0. The molecular weight excluding hydrogens is 280 g/mol. The molecule has 1 aliphatic carbocycles. The summed E-state index contributed by atoms with van der Waals surface area (Å²) in [7, 11) is 0. The fraction of sp³-hybridized carbons (Fsp3) is 0.333. The predicted molar refractivity (Wildman–Crippen MR) is 72.7 cm³/mol. The summed E-state index contributed by atoms with van der Waals surface area (Å²) in [6.45, 7) is 1.76. The SMILES string of the molecule is CCOC(=O)c1cn([C@@H]2C[C@H]2F)c2cc(F)ccc2c1=O. The lowest BCUT2D eigenvalue weighted by Gasteiger charge is -2.12. The Morgan fingerprint density at radius 2 is 2.19 bits per heavy atom. The summed E-state index contributed by atoms with van der Waals surface area (Å²) in [5.41, 5.74) is -0.399. The van der Waals surface area contributed by atoms with Gasteiger partial charge < -0.3 is 9.30 Å². The van der Waals surface area contributed by atoms with E-state index in [1.54, 1.807) is 6.92 Å². The van der Waals surface area contributed by atoms with Gasteiger partial charge in [-0.1, -0.05) is 0 Å². The van der Waals surface area contributed by atoms with Crippen molar-refractivity contribution in [1.29, 1.82) is 0 Å². The van der Waals surface area contributed by atoms with Crippen molar-refractivity contribution in [2.45, 2.75) is 25.6 Å². The first-order valence-corrected chi connectivity index (χ1v) is 6.68. The molecule has 0 N–H and O–H groups in total. The molecule has 0 radical (unpaired) electrons. The lowest BCUT2D eigenvalue weighted by atomic mass is 10.1. The number of hydrogen-bond acceptors (Lipinski definition) is 3. The minimum absolute atomic E-state index is 0.134. The van der Waals surface area contributed by atoms with Crippen LogP contribution >= 0.6 is 0 Å². The highest BCUT2D eigenvalue weighted by Crippen LogP contribution is 2.40. The smallest absolute Gasteiger partial charge is 0.343 e. The number of halogens is 2. The zero-order chi connectivity index (χ0) is 15.1. The first-order valence-electron chi connectivity index (χ1n) is 6.68. The Morgan fingerprint density at radius 3 is 2.81 bits per heavy atom. The van der Waals surface area contributed by atoms with Crippen molar-refractivity contribution < 1.29 is 18.3 Å². The molecule has 1 aliphatic rings. The van der Waals surface area contributed by atoms with Crippen LogP contribution in [0, 0.1) is 5.82 Å². The van der Waals surface area contributed by atoms with Crippen LogP contribution in [0.4, 0.5) is 8.78 Å². The summed E-state index contributed by atoms with van der Waals surface area (Å²) >= 11 is 0. The number of fused-ring (bicyclic) bond motifs is 1. The van der Waals surface area contributed by atoms with E-state index < -0.39 is 29.4 Å². The van der Waals surface area contributed by atoms with Crippen LogP contribution in [0.25, 0.3) is 10.9 Å². The Bertz CT molecular complexity index is 784. The van der Waals surface area contributed by atoms with E-state index >= 15 is 0 Å². The molecule has 2 aromatic rings. The van der Waals surface area contributed by atoms with Crippen LogP contribution in [-0.2, 0) is 4.74 Å². The topological polar surface area (TPSA) is 48.3 Å². The van der Waals surface area contributed by atoms with Gasteiger partial charge in [0.15, 0.2) is 0 Å². The lowest BCUT2D eigenvalue weighted by Crippen LogP contribution is -2.21. The first-order chi connectivity index (χ1) is 10.0. The summed E-state index contributed by atoms with van der Waals surface area (Å²) in [6, 6.07) is 3.16. The Morgan fingerprint density at radius 1 is 1.48 bits per heavy atom. The van der Waals surface area contributed by atoms with Gasteiger partial charge in [0.05, 0.1) is 18.2 Å². The number of esters is 1. The van der Waals surface area contributed by atoms with E-state index in [2.05, 4.69) is 0 Å². The largest absolute Gasteiger partial charge is 0.462 e. The predicted octanol–water partition coefficient (Wildman–Crippen LogP) is 2.60. The van der Waals surface area contributed by atoms with Crippen LogP contribution in [0.15, 0.2) is 29.2 Å². The molecule has 2 atom stereocenters. The molecule has 0 bridgehead atoms. The average molecular weight is 293 g/mol. The summed E-state index contributed by atoms with van der Waals surface area (Å²) in [4.78, 5) is 24.2. The third-order valence-electron chi connectivity index (χ3n) is 3.53. The molecule has 0 saturated heterocycles. The van der Waals surface area contributed by atoms with Gasteiger partial charge in [-0.15, -0.1) is 0 Å². The molecule has 110 valence electrons. The van der Waals surface area contributed by atoms with Gasteiger partial charge in [-0.3, -0.25) is 4.79 Å². The molecule has 0 aliphatic heterocycles. The van der Waals surface area contributed by atoms with E-state index in [0.717, 1.165) is 6.07 Å². The maximum absolute atomic E-state index is 13.4. The van der Waals surface area contributed by atoms with Gasteiger partial charge in [-0.05, 0) is 25.1 Å². The van der Waals surface area contributed by atoms with Gasteiger partial charge in [0.25, 0.3) is 0 Å². The van der Waals surface area contributed by atoms with Crippen LogP contribution in [0.3, 0.4) is 0 Å². The minimum atomic E-state index is -1.05. The zero-order valence-corrected chi connectivity index (χ0v) is 11.3. The quantitative estimate of drug-likeness (QED) is 0.817. The summed E-state index contributed by atoms with van der Waals surface area (Å²) in [5.74, 6) is -1.27.